The second-order valence-corrected chi connectivity index (χ2v) is 6.09. The van der Waals surface area contributed by atoms with Gasteiger partial charge in [-0.3, -0.25) is 10.1 Å². The van der Waals surface area contributed by atoms with E-state index < -0.39 is 4.92 Å². The third-order valence-corrected chi connectivity index (χ3v) is 4.02. The van der Waals surface area contributed by atoms with Crippen molar-refractivity contribution in [3.05, 3.63) is 63.2 Å². The first-order valence-electron chi connectivity index (χ1n) is 8.55. The Bertz CT molecular complexity index is 807. The quantitative estimate of drug-likeness (QED) is 0.302. The minimum absolute atomic E-state index is 0.0601. The summed E-state index contributed by atoms with van der Waals surface area (Å²) in [6.07, 6.45) is 5.50. The summed E-state index contributed by atoms with van der Waals surface area (Å²) in [5.41, 5.74) is 0.991. The van der Waals surface area contributed by atoms with E-state index in [1.54, 1.807) is 7.11 Å². The van der Waals surface area contributed by atoms with Crippen LogP contribution in [0.5, 0.6) is 17.2 Å². The Hall–Kier alpha value is -2.73. The largest absolute Gasteiger partial charge is 0.493 e. The smallest absolute Gasteiger partial charge is 0.271 e. The fraction of sp³-hybridized carbons (Fsp3) is 0.300. The highest BCUT2D eigenvalue weighted by Gasteiger charge is 2.10. The van der Waals surface area contributed by atoms with E-state index in [1.807, 2.05) is 37.3 Å². The lowest BCUT2D eigenvalue weighted by Gasteiger charge is -2.12. The first-order chi connectivity index (χ1) is 13.0. The van der Waals surface area contributed by atoms with Gasteiger partial charge in [0.25, 0.3) is 5.69 Å². The van der Waals surface area contributed by atoms with E-state index in [1.165, 1.54) is 18.2 Å². The molecule has 0 fully saturated rings. The van der Waals surface area contributed by atoms with Crippen LogP contribution in [0.3, 0.4) is 0 Å². The second-order valence-electron chi connectivity index (χ2n) is 5.69. The van der Waals surface area contributed by atoms with E-state index in [0.717, 1.165) is 18.4 Å². The maximum absolute atomic E-state index is 10.7. The van der Waals surface area contributed by atoms with Crippen LogP contribution in [0.1, 0.15) is 25.3 Å². The number of unbranched alkanes of at least 4 members (excludes halogenated alkanes) is 1. The van der Waals surface area contributed by atoms with Crippen LogP contribution in [-0.2, 0) is 0 Å². The SMILES string of the molecule is CC=Cc1ccc(OCCCCOc2ccc([N+](=O)[O-])cc2Cl)c(OC)c1. The summed E-state index contributed by atoms with van der Waals surface area (Å²) in [6.45, 7) is 2.93. The van der Waals surface area contributed by atoms with Crippen molar-refractivity contribution in [2.75, 3.05) is 20.3 Å². The van der Waals surface area contributed by atoms with Gasteiger partial charge in [-0.15, -0.1) is 0 Å². The summed E-state index contributed by atoms with van der Waals surface area (Å²) in [4.78, 5) is 10.2. The molecule has 0 aliphatic carbocycles. The standard InChI is InChI=1S/C20H22ClNO5/c1-3-6-15-7-9-19(20(13-15)25-2)27-12-5-4-11-26-18-10-8-16(22(23)24)14-17(18)21/h3,6-10,13-14H,4-5,11-12H2,1-2H3. The van der Waals surface area contributed by atoms with Gasteiger partial charge < -0.3 is 14.2 Å². The Kier molecular flexibility index (Phi) is 7.95. The molecule has 6 nitrogen and oxygen atoms in total. The number of halogens is 1. The van der Waals surface area contributed by atoms with Crippen LogP contribution in [0.4, 0.5) is 5.69 Å². The molecule has 0 atom stereocenters. The molecule has 0 aliphatic heterocycles. The van der Waals surface area contributed by atoms with Gasteiger partial charge >= 0.3 is 0 Å². The molecule has 27 heavy (non-hydrogen) atoms. The molecule has 144 valence electrons. The van der Waals surface area contributed by atoms with E-state index in [9.17, 15) is 10.1 Å². The molecular weight excluding hydrogens is 370 g/mol. The van der Waals surface area contributed by atoms with Crippen molar-refractivity contribution in [1.29, 1.82) is 0 Å². The number of nitrogens with zero attached hydrogens (tertiary/aromatic N) is 1. The predicted octanol–water partition coefficient (Wildman–Crippen LogP) is 5.53. The topological polar surface area (TPSA) is 70.8 Å². The summed E-state index contributed by atoms with van der Waals surface area (Å²) in [6, 6.07) is 9.94. The van der Waals surface area contributed by atoms with Crippen LogP contribution in [0.2, 0.25) is 5.02 Å². The van der Waals surface area contributed by atoms with Gasteiger partial charge in [-0.2, -0.15) is 0 Å². The molecule has 2 aromatic carbocycles. The Morgan fingerprint density at radius 2 is 1.70 bits per heavy atom. The molecule has 2 aromatic rings. The number of allylic oxidation sites excluding steroid dienone is 1. The average molecular weight is 392 g/mol. The van der Waals surface area contributed by atoms with Crippen LogP contribution in [0.15, 0.2) is 42.5 Å². The van der Waals surface area contributed by atoms with Crippen molar-refractivity contribution in [3.8, 4) is 17.2 Å². The van der Waals surface area contributed by atoms with Crippen molar-refractivity contribution in [1.82, 2.24) is 0 Å². The molecule has 0 aliphatic rings. The lowest BCUT2D eigenvalue weighted by Crippen LogP contribution is -2.04. The van der Waals surface area contributed by atoms with Gasteiger partial charge in [0.15, 0.2) is 11.5 Å². The van der Waals surface area contributed by atoms with Gasteiger partial charge in [0.1, 0.15) is 5.75 Å². The van der Waals surface area contributed by atoms with Gasteiger partial charge in [0, 0.05) is 12.1 Å². The van der Waals surface area contributed by atoms with Crippen LogP contribution in [0, 0.1) is 10.1 Å². The van der Waals surface area contributed by atoms with Crippen LogP contribution >= 0.6 is 11.6 Å². The average Bonchev–Trinajstić information content (AvgIpc) is 2.66. The molecule has 0 heterocycles. The molecular formula is C20H22ClNO5. The van der Waals surface area contributed by atoms with E-state index in [0.29, 0.717) is 30.5 Å². The minimum Gasteiger partial charge on any atom is -0.493 e. The number of hydrogen-bond acceptors (Lipinski definition) is 5. The van der Waals surface area contributed by atoms with Crippen LogP contribution < -0.4 is 14.2 Å². The summed E-state index contributed by atoms with van der Waals surface area (Å²) in [7, 11) is 1.61. The first-order valence-corrected chi connectivity index (χ1v) is 8.93. The zero-order chi connectivity index (χ0) is 19.6. The number of benzene rings is 2. The lowest BCUT2D eigenvalue weighted by atomic mass is 10.2. The molecule has 0 unspecified atom stereocenters. The molecule has 0 bridgehead atoms. The summed E-state index contributed by atoms with van der Waals surface area (Å²) >= 11 is 5.99. The number of rotatable bonds is 10. The highest BCUT2D eigenvalue weighted by atomic mass is 35.5. The number of nitro groups is 1. The van der Waals surface area contributed by atoms with Crippen molar-refractivity contribution >= 4 is 23.4 Å². The van der Waals surface area contributed by atoms with Gasteiger partial charge in [-0.25, -0.2) is 0 Å². The fourth-order valence-electron chi connectivity index (χ4n) is 2.39. The lowest BCUT2D eigenvalue weighted by molar-refractivity contribution is -0.384. The Morgan fingerprint density at radius 1 is 1.04 bits per heavy atom. The number of nitro benzene ring substituents is 1. The first kappa shape index (κ1) is 20.6. The van der Waals surface area contributed by atoms with Crippen molar-refractivity contribution < 1.29 is 19.1 Å². The molecule has 7 heteroatoms. The molecule has 0 saturated carbocycles. The maximum Gasteiger partial charge on any atom is 0.271 e. The number of ether oxygens (including phenoxy) is 3. The Balaban J connectivity index is 1.75. The zero-order valence-corrected chi connectivity index (χ0v) is 16.1. The highest BCUT2D eigenvalue weighted by Crippen LogP contribution is 2.30. The van der Waals surface area contributed by atoms with Crippen molar-refractivity contribution in [2.24, 2.45) is 0 Å². The maximum atomic E-state index is 10.7. The Labute approximate surface area is 163 Å². The van der Waals surface area contributed by atoms with Gasteiger partial charge in [0.05, 0.1) is 30.3 Å². The van der Waals surface area contributed by atoms with Gasteiger partial charge in [0.2, 0.25) is 0 Å². The molecule has 2 rings (SSSR count). The van der Waals surface area contributed by atoms with Crippen LogP contribution in [0.25, 0.3) is 6.08 Å². The van der Waals surface area contributed by atoms with Crippen LogP contribution in [-0.4, -0.2) is 25.2 Å². The molecule has 0 radical (unpaired) electrons. The van der Waals surface area contributed by atoms with E-state index in [4.69, 9.17) is 25.8 Å². The zero-order valence-electron chi connectivity index (χ0n) is 15.3. The molecule has 0 aromatic heterocycles. The highest BCUT2D eigenvalue weighted by molar-refractivity contribution is 6.32. The van der Waals surface area contributed by atoms with E-state index >= 15 is 0 Å². The molecule has 0 spiro atoms. The van der Waals surface area contributed by atoms with Gasteiger partial charge in [-0.1, -0.05) is 29.8 Å². The summed E-state index contributed by atoms with van der Waals surface area (Å²) in [5.74, 6) is 1.83. The number of non-ortho nitro benzene ring substituents is 1. The van der Waals surface area contributed by atoms with Crippen molar-refractivity contribution in [2.45, 2.75) is 19.8 Å². The third kappa shape index (κ3) is 6.18. The third-order valence-electron chi connectivity index (χ3n) is 3.73. The second kappa shape index (κ2) is 10.4. The number of methoxy groups -OCH3 is 1. The van der Waals surface area contributed by atoms with Gasteiger partial charge in [-0.05, 0) is 43.5 Å². The summed E-state index contributed by atoms with van der Waals surface area (Å²) < 4.78 is 16.7. The molecule has 0 amide bonds. The monoisotopic (exact) mass is 391 g/mol. The number of hydrogen-bond donors (Lipinski definition) is 0. The van der Waals surface area contributed by atoms with E-state index in [2.05, 4.69) is 0 Å². The Morgan fingerprint density at radius 3 is 2.30 bits per heavy atom. The van der Waals surface area contributed by atoms with E-state index in [-0.39, 0.29) is 10.7 Å². The normalized spacial score (nSPS) is 10.8. The molecule has 0 N–H and O–H groups in total. The fourth-order valence-corrected chi connectivity index (χ4v) is 2.62. The van der Waals surface area contributed by atoms with Crippen molar-refractivity contribution in [3.63, 3.8) is 0 Å². The summed E-state index contributed by atoms with van der Waals surface area (Å²) in [5, 5.41) is 10.9. The predicted molar refractivity (Wildman–Crippen MR) is 106 cm³/mol. The molecule has 0 saturated heterocycles. The minimum atomic E-state index is -0.494.